The van der Waals surface area contributed by atoms with Gasteiger partial charge in [0.1, 0.15) is 0 Å². The minimum absolute atomic E-state index is 0.143. The van der Waals surface area contributed by atoms with Gasteiger partial charge in [0.05, 0.1) is 5.54 Å². The first kappa shape index (κ1) is 13.6. The number of carbonyl (C=O) groups excluding carboxylic acids is 1. The fourth-order valence-corrected chi connectivity index (χ4v) is 3.13. The first-order valence-corrected chi connectivity index (χ1v) is 7.61. The molecular formula is C14H22N2OS. The topological polar surface area (TPSA) is 41.1 Å². The summed E-state index contributed by atoms with van der Waals surface area (Å²) in [5.41, 5.74) is 0.927. The first-order valence-electron chi connectivity index (χ1n) is 6.67. The van der Waals surface area contributed by atoms with Crippen LogP contribution in [0.15, 0.2) is 16.8 Å². The van der Waals surface area contributed by atoms with Gasteiger partial charge in [-0.2, -0.15) is 11.3 Å². The third-order valence-corrected chi connectivity index (χ3v) is 4.35. The third kappa shape index (κ3) is 3.33. The average Bonchev–Trinajstić information content (AvgIpc) is 2.82. The summed E-state index contributed by atoms with van der Waals surface area (Å²) in [7, 11) is 0. The molecule has 2 heterocycles. The largest absolute Gasteiger partial charge is 0.352 e. The van der Waals surface area contributed by atoms with Crippen LogP contribution in [0.5, 0.6) is 0 Å². The van der Waals surface area contributed by atoms with Gasteiger partial charge >= 0.3 is 0 Å². The second kappa shape index (κ2) is 5.85. The standard InChI is InChI=1S/C14H22N2OS/c1-11(9-12-5-8-18-10-12)16-13(17)14(2)6-3-4-7-15-14/h5,8,10-11,15H,3-4,6-7,9H2,1-2H3,(H,16,17). The molecule has 0 radical (unpaired) electrons. The number of carbonyl (C=O) groups is 1. The van der Waals surface area contributed by atoms with Crippen molar-refractivity contribution in [3.05, 3.63) is 22.4 Å². The van der Waals surface area contributed by atoms with Gasteiger partial charge in [0.2, 0.25) is 5.91 Å². The van der Waals surface area contributed by atoms with Gasteiger partial charge < -0.3 is 10.6 Å². The molecule has 1 aliphatic rings. The summed E-state index contributed by atoms with van der Waals surface area (Å²) in [6.07, 6.45) is 4.15. The Balaban J connectivity index is 1.86. The highest BCUT2D eigenvalue weighted by molar-refractivity contribution is 7.07. The number of hydrogen-bond acceptors (Lipinski definition) is 3. The van der Waals surface area contributed by atoms with Crippen LogP contribution in [0.1, 0.15) is 38.7 Å². The third-order valence-electron chi connectivity index (χ3n) is 3.62. The SMILES string of the molecule is CC(Cc1ccsc1)NC(=O)C1(C)CCCCN1. The van der Waals surface area contributed by atoms with Gasteiger partial charge in [-0.3, -0.25) is 4.79 Å². The molecule has 1 saturated heterocycles. The van der Waals surface area contributed by atoms with E-state index in [2.05, 4.69) is 34.4 Å². The van der Waals surface area contributed by atoms with Crippen LogP contribution in [-0.4, -0.2) is 24.0 Å². The Morgan fingerprint density at radius 2 is 2.44 bits per heavy atom. The molecule has 1 aromatic rings. The van der Waals surface area contributed by atoms with Crippen molar-refractivity contribution in [2.24, 2.45) is 0 Å². The molecule has 4 heteroatoms. The van der Waals surface area contributed by atoms with Gasteiger partial charge in [-0.25, -0.2) is 0 Å². The number of thiophene rings is 1. The molecule has 0 aliphatic carbocycles. The summed E-state index contributed by atoms with van der Waals surface area (Å²) in [6.45, 7) is 5.03. The predicted octanol–water partition coefficient (Wildman–Crippen LogP) is 2.33. The maximum atomic E-state index is 12.3. The second-order valence-corrected chi connectivity index (χ2v) is 6.21. The van der Waals surface area contributed by atoms with Crippen molar-refractivity contribution in [2.75, 3.05) is 6.54 Å². The van der Waals surface area contributed by atoms with Crippen molar-refractivity contribution in [3.8, 4) is 0 Å². The summed E-state index contributed by atoms with van der Waals surface area (Å²) in [5.74, 6) is 0.143. The molecule has 3 nitrogen and oxygen atoms in total. The van der Waals surface area contributed by atoms with E-state index in [-0.39, 0.29) is 17.5 Å². The van der Waals surface area contributed by atoms with Crippen LogP contribution in [0, 0.1) is 0 Å². The number of nitrogens with one attached hydrogen (secondary N) is 2. The lowest BCUT2D eigenvalue weighted by molar-refractivity contribution is -0.128. The number of hydrogen-bond donors (Lipinski definition) is 2. The van der Waals surface area contributed by atoms with E-state index in [1.165, 1.54) is 12.0 Å². The Morgan fingerprint density at radius 1 is 1.61 bits per heavy atom. The highest BCUT2D eigenvalue weighted by Crippen LogP contribution is 2.19. The van der Waals surface area contributed by atoms with Crippen molar-refractivity contribution in [2.45, 2.75) is 51.1 Å². The Morgan fingerprint density at radius 3 is 3.06 bits per heavy atom. The van der Waals surface area contributed by atoms with Crippen LogP contribution in [0.2, 0.25) is 0 Å². The molecule has 0 spiro atoms. The summed E-state index contributed by atoms with van der Waals surface area (Å²) in [4.78, 5) is 12.3. The lowest BCUT2D eigenvalue weighted by atomic mass is 9.89. The van der Waals surface area contributed by atoms with Crippen LogP contribution in [0.4, 0.5) is 0 Å². The van der Waals surface area contributed by atoms with E-state index in [4.69, 9.17) is 0 Å². The molecule has 2 rings (SSSR count). The van der Waals surface area contributed by atoms with Gasteiger partial charge in [-0.05, 0) is 68.5 Å². The molecule has 0 aromatic carbocycles. The van der Waals surface area contributed by atoms with Gasteiger partial charge in [-0.1, -0.05) is 0 Å². The molecule has 2 unspecified atom stereocenters. The molecule has 1 fully saturated rings. The molecular weight excluding hydrogens is 244 g/mol. The van der Waals surface area contributed by atoms with Crippen LogP contribution in [0.25, 0.3) is 0 Å². The Labute approximate surface area is 113 Å². The first-order chi connectivity index (χ1) is 8.60. The zero-order valence-corrected chi connectivity index (χ0v) is 12.0. The highest BCUT2D eigenvalue weighted by atomic mass is 32.1. The van der Waals surface area contributed by atoms with Crippen molar-refractivity contribution in [1.82, 2.24) is 10.6 Å². The van der Waals surface area contributed by atoms with Crippen LogP contribution in [0.3, 0.4) is 0 Å². The van der Waals surface area contributed by atoms with Crippen molar-refractivity contribution in [1.29, 1.82) is 0 Å². The van der Waals surface area contributed by atoms with Gasteiger partial charge in [0.25, 0.3) is 0 Å². The fourth-order valence-electron chi connectivity index (χ4n) is 2.45. The van der Waals surface area contributed by atoms with E-state index in [0.717, 1.165) is 25.8 Å². The zero-order chi connectivity index (χ0) is 13.0. The number of rotatable bonds is 4. The molecule has 18 heavy (non-hydrogen) atoms. The minimum Gasteiger partial charge on any atom is -0.352 e. The summed E-state index contributed by atoms with van der Waals surface area (Å²) in [5, 5.41) is 10.7. The highest BCUT2D eigenvalue weighted by Gasteiger charge is 2.34. The molecule has 0 saturated carbocycles. The quantitative estimate of drug-likeness (QED) is 0.878. The van der Waals surface area contributed by atoms with E-state index < -0.39 is 0 Å². The van der Waals surface area contributed by atoms with E-state index >= 15 is 0 Å². The molecule has 1 aliphatic heterocycles. The molecule has 1 amide bonds. The molecule has 2 N–H and O–H groups in total. The summed E-state index contributed by atoms with van der Waals surface area (Å²) in [6, 6.07) is 2.31. The lowest BCUT2D eigenvalue weighted by Crippen LogP contribution is -2.58. The monoisotopic (exact) mass is 266 g/mol. The fraction of sp³-hybridized carbons (Fsp3) is 0.643. The minimum atomic E-state index is -0.374. The van der Waals surface area contributed by atoms with Crippen molar-refractivity contribution in [3.63, 3.8) is 0 Å². The predicted molar refractivity (Wildman–Crippen MR) is 75.9 cm³/mol. The number of amides is 1. The summed E-state index contributed by atoms with van der Waals surface area (Å²) >= 11 is 1.70. The molecule has 100 valence electrons. The average molecular weight is 266 g/mol. The van der Waals surface area contributed by atoms with E-state index in [9.17, 15) is 4.79 Å². The summed E-state index contributed by atoms with van der Waals surface area (Å²) < 4.78 is 0. The normalized spacial score (nSPS) is 25.7. The molecule has 1 aromatic heterocycles. The maximum Gasteiger partial charge on any atom is 0.240 e. The zero-order valence-electron chi connectivity index (χ0n) is 11.2. The van der Waals surface area contributed by atoms with Crippen LogP contribution in [-0.2, 0) is 11.2 Å². The van der Waals surface area contributed by atoms with Gasteiger partial charge in [0.15, 0.2) is 0 Å². The van der Waals surface area contributed by atoms with Gasteiger partial charge in [-0.15, -0.1) is 0 Å². The van der Waals surface area contributed by atoms with Crippen LogP contribution >= 0.6 is 11.3 Å². The Bertz CT molecular complexity index is 383. The van der Waals surface area contributed by atoms with E-state index in [0.29, 0.717) is 0 Å². The molecule has 2 atom stereocenters. The number of piperidine rings is 1. The van der Waals surface area contributed by atoms with Crippen molar-refractivity contribution >= 4 is 17.2 Å². The second-order valence-electron chi connectivity index (χ2n) is 5.43. The molecule has 0 bridgehead atoms. The van der Waals surface area contributed by atoms with Crippen LogP contribution < -0.4 is 10.6 Å². The van der Waals surface area contributed by atoms with Gasteiger partial charge in [0, 0.05) is 6.04 Å². The van der Waals surface area contributed by atoms with E-state index in [1.807, 2.05) is 6.92 Å². The van der Waals surface area contributed by atoms with Crippen molar-refractivity contribution < 1.29 is 4.79 Å². The lowest BCUT2D eigenvalue weighted by Gasteiger charge is -2.34. The van der Waals surface area contributed by atoms with E-state index in [1.54, 1.807) is 11.3 Å². The Kier molecular flexibility index (Phi) is 4.40. The smallest absolute Gasteiger partial charge is 0.240 e. The maximum absolute atomic E-state index is 12.3. The Hall–Kier alpha value is -0.870.